The van der Waals surface area contributed by atoms with Crippen LogP contribution in [0.5, 0.6) is 5.75 Å². The summed E-state index contributed by atoms with van der Waals surface area (Å²) in [6.07, 6.45) is 0.678. The number of hydroxylamine groups is 2. The number of amides is 4. The van der Waals surface area contributed by atoms with Crippen LogP contribution in [0.2, 0.25) is 0 Å². The summed E-state index contributed by atoms with van der Waals surface area (Å²) in [5, 5.41) is 24.8. The molecule has 178 valence electrons. The second-order valence-corrected chi connectivity index (χ2v) is 9.18. The van der Waals surface area contributed by atoms with Crippen molar-refractivity contribution in [2.24, 2.45) is 11.8 Å². The number of thioether (sulfide) groups is 1. The number of nitrogens with one attached hydrogen (secondary N) is 2. The minimum Gasteiger partial charge on any atom is -0.508 e. The van der Waals surface area contributed by atoms with Gasteiger partial charge in [-0.25, -0.2) is 4.79 Å². The molecule has 0 fully saturated rings. The van der Waals surface area contributed by atoms with Gasteiger partial charge in [0.25, 0.3) is 5.91 Å². The van der Waals surface area contributed by atoms with E-state index in [0.29, 0.717) is 12.2 Å². The zero-order valence-corrected chi connectivity index (χ0v) is 19.8. The summed E-state index contributed by atoms with van der Waals surface area (Å²) >= 11 is 1.40. The molecule has 0 heterocycles. The molecule has 0 unspecified atom stereocenters. The van der Waals surface area contributed by atoms with Crippen LogP contribution >= 0.6 is 11.8 Å². The largest absolute Gasteiger partial charge is 0.508 e. The van der Waals surface area contributed by atoms with Crippen LogP contribution in [0, 0.1) is 11.8 Å². The Hall–Kier alpha value is -3.04. The summed E-state index contributed by atoms with van der Waals surface area (Å²) in [6, 6.07) is 13.7. The summed E-state index contributed by atoms with van der Waals surface area (Å²) in [5.41, 5.74) is 0.824. The Morgan fingerprint density at radius 3 is 2.24 bits per heavy atom. The molecule has 2 aromatic rings. The number of nitrogens with zero attached hydrogens (tertiary/aromatic N) is 1. The van der Waals surface area contributed by atoms with Gasteiger partial charge in [0.2, 0.25) is 5.91 Å². The molecule has 2 atom stereocenters. The van der Waals surface area contributed by atoms with Crippen molar-refractivity contribution >= 4 is 29.6 Å². The lowest BCUT2D eigenvalue weighted by molar-refractivity contribution is -0.157. The number of imide groups is 1. The number of urea groups is 1. The van der Waals surface area contributed by atoms with Gasteiger partial charge in [0, 0.05) is 24.1 Å². The number of phenolic OH excluding ortho intramolecular Hbond substituents is 1. The standard InChI is InChI=1S/C24H31N3O5S/c1-16(2)13-18(15-33-20-11-9-19(28)10-12-20)23(30)27(32)24(31)26-21(22(29)25-3)14-17-7-5-4-6-8-17/h4-12,16,18,21,28,32H,13-15H2,1-3H3,(H,25,29)(H,26,31)/t18-,21+/m1/s1. The molecule has 0 aliphatic heterocycles. The first kappa shape index (κ1) is 26.2. The van der Waals surface area contributed by atoms with Crippen LogP contribution in [-0.2, 0) is 16.0 Å². The molecule has 0 aliphatic carbocycles. The first-order chi connectivity index (χ1) is 15.7. The number of hydrogen-bond donors (Lipinski definition) is 4. The van der Waals surface area contributed by atoms with E-state index in [1.54, 1.807) is 24.3 Å². The zero-order valence-electron chi connectivity index (χ0n) is 19.0. The maximum atomic E-state index is 12.9. The van der Waals surface area contributed by atoms with Crippen LogP contribution < -0.4 is 10.6 Å². The normalized spacial score (nSPS) is 12.6. The van der Waals surface area contributed by atoms with E-state index in [4.69, 9.17) is 0 Å². The van der Waals surface area contributed by atoms with Gasteiger partial charge in [0.1, 0.15) is 11.8 Å². The van der Waals surface area contributed by atoms with Crippen molar-refractivity contribution < 1.29 is 24.7 Å². The summed E-state index contributed by atoms with van der Waals surface area (Å²) in [5.74, 6) is -1.14. The van der Waals surface area contributed by atoms with Crippen LogP contribution in [0.3, 0.4) is 0 Å². The second kappa shape index (κ2) is 12.9. The molecule has 0 saturated heterocycles. The highest BCUT2D eigenvalue weighted by Crippen LogP contribution is 2.26. The quantitative estimate of drug-likeness (QED) is 0.238. The smallest absolute Gasteiger partial charge is 0.349 e. The average Bonchev–Trinajstić information content (AvgIpc) is 2.81. The molecule has 0 aromatic heterocycles. The van der Waals surface area contributed by atoms with Crippen molar-refractivity contribution in [2.45, 2.75) is 37.6 Å². The van der Waals surface area contributed by atoms with Gasteiger partial charge in [-0.15, -0.1) is 16.8 Å². The van der Waals surface area contributed by atoms with E-state index in [9.17, 15) is 24.7 Å². The minimum atomic E-state index is -1.05. The maximum absolute atomic E-state index is 12.9. The van der Waals surface area contributed by atoms with Crippen LogP contribution in [0.1, 0.15) is 25.8 Å². The summed E-state index contributed by atoms with van der Waals surface area (Å²) in [4.78, 5) is 38.7. The lowest BCUT2D eigenvalue weighted by atomic mass is 9.98. The predicted molar refractivity (Wildman–Crippen MR) is 127 cm³/mol. The number of aromatic hydroxyl groups is 1. The van der Waals surface area contributed by atoms with Crippen molar-refractivity contribution in [2.75, 3.05) is 12.8 Å². The molecule has 2 rings (SSSR count). The van der Waals surface area contributed by atoms with Crippen molar-refractivity contribution in [3.8, 4) is 5.75 Å². The van der Waals surface area contributed by atoms with E-state index in [1.807, 2.05) is 44.2 Å². The number of phenols is 1. The van der Waals surface area contributed by atoms with E-state index in [-0.39, 0.29) is 23.2 Å². The lowest BCUT2D eigenvalue weighted by Gasteiger charge is -2.24. The van der Waals surface area contributed by atoms with Crippen LogP contribution in [0.15, 0.2) is 59.5 Å². The fourth-order valence-corrected chi connectivity index (χ4v) is 4.27. The third-order valence-electron chi connectivity index (χ3n) is 4.94. The van der Waals surface area contributed by atoms with E-state index in [0.717, 1.165) is 10.5 Å². The Bertz CT molecular complexity index is 921. The number of carbonyl (C=O) groups excluding carboxylic acids is 3. The Morgan fingerprint density at radius 2 is 1.67 bits per heavy atom. The first-order valence-corrected chi connectivity index (χ1v) is 11.7. The topological polar surface area (TPSA) is 119 Å². The molecular formula is C24H31N3O5S. The van der Waals surface area contributed by atoms with Crippen molar-refractivity contribution in [3.63, 3.8) is 0 Å². The molecule has 4 amide bonds. The molecular weight excluding hydrogens is 442 g/mol. The monoisotopic (exact) mass is 473 g/mol. The third-order valence-corrected chi connectivity index (χ3v) is 6.11. The summed E-state index contributed by atoms with van der Waals surface area (Å²) in [6.45, 7) is 3.91. The van der Waals surface area contributed by atoms with Gasteiger partial charge in [-0.1, -0.05) is 44.2 Å². The van der Waals surface area contributed by atoms with Gasteiger partial charge < -0.3 is 15.7 Å². The zero-order chi connectivity index (χ0) is 24.4. The van der Waals surface area contributed by atoms with Gasteiger partial charge in [-0.3, -0.25) is 14.8 Å². The van der Waals surface area contributed by atoms with Crippen LogP contribution in [0.25, 0.3) is 0 Å². The molecule has 33 heavy (non-hydrogen) atoms. The molecule has 2 aromatic carbocycles. The van der Waals surface area contributed by atoms with Gasteiger partial charge in [0.15, 0.2) is 0 Å². The fourth-order valence-electron chi connectivity index (χ4n) is 3.26. The summed E-state index contributed by atoms with van der Waals surface area (Å²) in [7, 11) is 1.45. The minimum absolute atomic E-state index is 0.0748. The fraction of sp³-hybridized carbons (Fsp3) is 0.375. The van der Waals surface area contributed by atoms with E-state index in [2.05, 4.69) is 10.6 Å². The molecule has 4 N–H and O–H groups in total. The number of hydrogen-bond acceptors (Lipinski definition) is 6. The molecule has 0 aliphatic rings. The second-order valence-electron chi connectivity index (χ2n) is 8.09. The third kappa shape index (κ3) is 8.43. The molecule has 0 spiro atoms. The highest BCUT2D eigenvalue weighted by molar-refractivity contribution is 7.99. The maximum Gasteiger partial charge on any atom is 0.349 e. The molecule has 0 radical (unpaired) electrons. The van der Waals surface area contributed by atoms with Crippen molar-refractivity contribution in [1.29, 1.82) is 0 Å². The number of rotatable bonds is 10. The summed E-state index contributed by atoms with van der Waals surface area (Å²) < 4.78 is 0. The highest BCUT2D eigenvalue weighted by Gasteiger charge is 2.31. The van der Waals surface area contributed by atoms with Crippen LogP contribution in [-0.4, -0.2) is 52.1 Å². The Balaban J connectivity index is 2.06. The van der Waals surface area contributed by atoms with Crippen LogP contribution in [0.4, 0.5) is 4.79 Å². The number of benzene rings is 2. The van der Waals surface area contributed by atoms with Gasteiger partial charge >= 0.3 is 6.03 Å². The molecule has 0 saturated carbocycles. The Morgan fingerprint density at radius 1 is 1.03 bits per heavy atom. The van der Waals surface area contributed by atoms with E-state index < -0.39 is 29.8 Å². The van der Waals surface area contributed by atoms with Crippen molar-refractivity contribution in [1.82, 2.24) is 15.7 Å². The Labute approximate surface area is 198 Å². The highest BCUT2D eigenvalue weighted by atomic mass is 32.2. The van der Waals surface area contributed by atoms with Crippen molar-refractivity contribution in [3.05, 3.63) is 60.2 Å². The molecule has 9 heteroatoms. The van der Waals surface area contributed by atoms with Gasteiger partial charge in [0.05, 0.1) is 5.92 Å². The number of likely N-dealkylation sites (N-methyl/N-ethyl adjacent to an activating group) is 1. The lowest BCUT2D eigenvalue weighted by Crippen LogP contribution is -2.53. The Kier molecular flexibility index (Phi) is 10.2. The average molecular weight is 474 g/mol. The van der Waals surface area contributed by atoms with E-state index in [1.165, 1.54) is 18.8 Å². The van der Waals surface area contributed by atoms with Gasteiger partial charge in [-0.05, 0) is 42.2 Å². The first-order valence-electron chi connectivity index (χ1n) is 10.7. The SMILES string of the molecule is CNC(=O)[C@H](Cc1ccccc1)NC(=O)N(O)C(=O)[C@@H](CSc1ccc(O)cc1)CC(C)C. The van der Waals surface area contributed by atoms with Gasteiger partial charge in [-0.2, -0.15) is 0 Å². The number of carbonyl (C=O) groups is 3. The predicted octanol–water partition coefficient (Wildman–Crippen LogP) is 3.43. The van der Waals surface area contributed by atoms with E-state index >= 15 is 0 Å². The molecule has 0 bridgehead atoms. The molecule has 8 nitrogen and oxygen atoms in total.